The minimum atomic E-state index is -0.718. The van der Waals surface area contributed by atoms with E-state index >= 15 is 0 Å². The summed E-state index contributed by atoms with van der Waals surface area (Å²) in [6, 6.07) is 24.1. The van der Waals surface area contributed by atoms with E-state index in [9.17, 15) is 9.59 Å². The number of benzene rings is 3. The van der Waals surface area contributed by atoms with E-state index in [4.69, 9.17) is 16.3 Å². The Labute approximate surface area is 213 Å². The molecule has 0 heterocycles. The topological polar surface area (TPSA) is 58.6 Å². The maximum Gasteiger partial charge on any atom is 0.261 e. The van der Waals surface area contributed by atoms with Crippen LogP contribution in [0.25, 0.3) is 0 Å². The molecule has 3 aromatic carbocycles. The molecule has 0 fully saturated rings. The second kappa shape index (κ2) is 13.0. The Hall–Kier alpha value is -3.31. The van der Waals surface area contributed by atoms with Crippen LogP contribution in [0, 0.1) is 0 Å². The molecule has 0 aliphatic carbocycles. The van der Waals surface area contributed by atoms with E-state index in [1.165, 1.54) is 0 Å². The third-order valence-corrected chi connectivity index (χ3v) is 6.18. The van der Waals surface area contributed by atoms with Crippen molar-refractivity contribution in [3.8, 4) is 5.75 Å². The van der Waals surface area contributed by atoms with Crippen LogP contribution in [0.15, 0.2) is 78.9 Å². The minimum Gasteiger partial charge on any atom is -0.483 e. The van der Waals surface area contributed by atoms with Crippen LogP contribution in [-0.4, -0.2) is 35.9 Å². The van der Waals surface area contributed by atoms with Gasteiger partial charge >= 0.3 is 0 Å². The molecule has 0 spiro atoms. The monoisotopic (exact) mass is 492 g/mol. The second-order valence-electron chi connectivity index (χ2n) is 8.69. The quantitative estimate of drug-likeness (QED) is 0.378. The number of hydrogen-bond acceptors (Lipinski definition) is 3. The molecule has 3 aromatic rings. The summed E-state index contributed by atoms with van der Waals surface area (Å²) in [4.78, 5) is 28.4. The Morgan fingerprint density at radius 2 is 1.60 bits per heavy atom. The summed E-state index contributed by atoms with van der Waals surface area (Å²) >= 11 is 6.44. The van der Waals surface area contributed by atoms with Crippen molar-refractivity contribution in [3.63, 3.8) is 0 Å². The van der Waals surface area contributed by atoms with Crippen LogP contribution < -0.4 is 10.1 Å². The summed E-state index contributed by atoms with van der Waals surface area (Å²) in [5.41, 5.74) is 2.77. The van der Waals surface area contributed by atoms with E-state index < -0.39 is 6.04 Å². The third-order valence-electron chi connectivity index (χ3n) is 5.81. The van der Waals surface area contributed by atoms with Crippen LogP contribution in [0.1, 0.15) is 43.4 Å². The molecule has 0 aromatic heterocycles. The Bertz CT molecular complexity index is 1120. The van der Waals surface area contributed by atoms with Crippen molar-refractivity contribution in [3.05, 3.63) is 101 Å². The molecule has 2 amide bonds. The summed E-state index contributed by atoms with van der Waals surface area (Å²) in [5, 5.41) is 3.44. The number of carbonyl (C=O) groups is 2. The first kappa shape index (κ1) is 26.3. The number of nitrogens with zero attached hydrogens (tertiary/aromatic N) is 1. The van der Waals surface area contributed by atoms with E-state index in [0.29, 0.717) is 23.7 Å². The maximum absolute atomic E-state index is 13.6. The van der Waals surface area contributed by atoms with E-state index in [0.717, 1.165) is 16.7 Å². The van der Waals surface area contributed by atoms with Crippen molar-refractivity contribution in [2.75, 3.05) is 13.2 Å². The van der Waals surface area contributed by atoms with Gasteiger partial charge in [-0.15, -0.1) is 0 Å². The third kappa shape index (κ3) is 7.33. The normalized spacial score (nSPS) is 11.7. The average molecular weight is 493 g/mol. The number of carbonyl (C=O) groups excluding carboxylic acids is 2. The molecule has 0 bridgehead atoms. The molecule has 0 unspecified atom stereocenters. The highest BCUT2D eigenvalue weighted by Gasteiger charge is 2.31. The van der Waals surface area contributed by atoms with Crippen molar-refractivity contribution < 1.29 is 14.3 Å². The van der Waals surface area contributed by atoms with Crippen LogP contribution in [0.5, 0.6) is 5.75 Å². The smallest absolute Gasteiger partial charge is 0.261 e. The van der Waals surface area contributed by atoms with Crippen molar-refractivity contribution >= 4 is 23.4 Å². The largest absolute Gasteiger partial charge is 0.483 e. The van der Waals surface area contributed by atoms with Crippen molar-refractivity contribution in [2.24, 2.45) is 0 Å². The van der Waals surface area contributed by atoms with Gasteiger partial charge in [0.1, 0.15) is 11.8 Å². The lowest BCUT2D eigenvalue weighted by atomic mass is 10.0. The lowest BCUT2D eigenvalue weighted by Gasteiger charge is -2.31. The fourth-order valence-corrected chi connectivity index (χ4v) is 4.16. The first-order chi connectivity index (χ1) is 16.9. The molecule has 6 heteroatoms. The SMILES string of the molecule is CCNC(=O)[C@@H](Cc1ccccc1)N(Cc1ccccc1Cl)C(=O)COc1ccccc1C(C)C. The van der Waals surface area contributed by atoms with Gasteiger partial charge in [-0.25, -0.2) is 0 Å². The second-order valence-corrected chi connectivity index (χ2v) is 9.10. The summed E-state index contributed by atoms with van der Waals surface area (Å²) in [5.74, 6) is 0.433. The Kier molecular flexibility index (Phi) is 9.74. The van der Waals surface area contributed by atoms with Gasteiger partial charge in [0.25, 0.3) is 5.91 Å². The van der Waals surface area contributed by atoms with Gasteiger partial charge < -0.3 is 15.0 Å². The van der Waals surface area contributed by atoms with E-state index in [2.05, 4.69) is 19.2 Å². The van der Waals surface area contributed by atoms with Crippen LogP contribution in [0.3, 0.4) is 0 Å². The van der Waals surface area contributed by atoms with Gasteiger partial charge in [0.15, 0.2) is 6.61 Å². The molecule has 0 aliphatic heterocycles. The predicted molar refractivity (Wildman–Crippen MR) is 141 cm³/mol. The van der Waals surface area contributed by atoms with Crippen molar-refractivity contribution in [1.29, 1.82) is 0 Å². The highest BCUT2D eigenvalue weighted by atomic mass is 35.5. The van der Waals surface area contributed by atoms with E-state index in [1.807, 2.05) is 79.7 Å². The van der Waals surface area contributed by atoms with Gasteiger partial charge in [0.05, 0.1) is 0 Å². The molecule has 1 atom stereocenters. The van der Waals surface area contributed by atoms with Gasteiger partial charge in [0.2, 0.25) is 5.91 Å². The minimum absolute atomic E-state index is 0.182. The van der Waals surface area contributed by atoms with E-state index in [-0.39, 0.29) is 30.9 Å². The van der Waals surface area contributed by atoms with Crippen LogP contribution in [0.2, 0.25) is 5.02 Å². The summed E-state index contributed by atoms with van der Waals surface area (Å²) in [6.45, 7) is 6.51. The van der Waals surface area contributed by atoms with Crippen molar-refractivity contribution in [1.82, 2.24) is 10.2 Å². The zero-order valence-electron chi connectivity index (χ0n) is 20.5. The highest BCUT2D eigenvalue weighted by molar-refractivity contribution is 6.31. The molecule has 1 N–H and O–H groups in total. The first-order valence-electron chi connectivity index (χ1n) is 12.0. The number of hydrogen-bond donors (Lipinski definition) is 1. The highest BCUT2D eigenvalue weighted by Crippen LogP contribution is 2.26. The first-order valence-corrected chi connectivity index (χ1v) is 12.3. The fraction of sp³-hybridized carbons (Fsp3) is 0.310. The van der Waals surface area contributed by atoms with Gasteiger partial charge in [-0.1, -0.05) is 92.2 Å². The summed E-state index contributed by atoms with van der Waals surface area (Å²) in [7, 11) is 0. The molecule has 0 aliphatic rings. The molecule has 0 radical (unpaired) electrons. The summed E-state index contributed by atoms with van der Waals surface area (Å²) < 4.78 is 5.99. The van der Waals surface area contributed by atoms with Gasteiger partial charge in [0, 0.05) is 24.5 Å². The Morgan fingerprint density at radius 1 is 0.943 bits per heavy atom. The number of nitrogens with one attached hydrogen (secondary N) is 1. The number of ether oxygens (including phenoxy) is 1. The molecular weight excluding hydrogens is 460 g/mol. The fourth-order valence-electron chi connectivity index (χ4n) is 3.97. The predicted octanol–water partition coefficient (Wildman–Crippen LogP) is 5.62. The molecule has 0 saturated heterocycles. The number of rotatable bonds is 11. The molecule has 0 saturated carbocycles. The maximum atomic E-state index is 13.6. The van der Waals surface area contributed by atoms with Crippen molar-refractivity contribution in [2.45, 2.75) is 45.7 Å². The summed E-state index contributed by atoms with van der Waals surface area (Å²) in [6.07, 6.45) is 0.380. The lowest BCUT2D eigenvalue weighted by Crippen LogP contribution is -2.51. The molecule has 184 valence electrons. The number of amides is 2. The molecular formula is C29H33ClN2O3. The van der Waals surface area contributed by atoms with Gasteiger partial charge in [-0.05, 0) is 41.7 Å². The molecule has 3 rings (SSSR count). The zero-order chi connectivity index (χ0) is 25.2. The number of likely N-dealkylation sites (N-methyl/N-ethyl adjacent to an activating group) is 1. The van der Waals surface area contributed by atoms with Crippen LogP contribution >= 0.6 is 11.6 Å². The Morgan fingerprint density at radius 3 is 2.29 bits per heavy atom. The average Bonchev–Trinajstić information content (AvgIpc) is 2.86. The molecule has 5 nitrogen and oxygen atoms in total. The van der Waals surface area contributed by atoms with Crippen LogP contribution in [0.4, 0.5) is 0 Å². The van der Waals surface area contributed by atoms with Gasteiger partial charge in [-0.3, -0.25) is 9.59 Å². The van der Waals surface area contributed by atoms with Gasteiger partial charge in [-0.2, -0.15) is 0 Å². The Balaban J connectivity index is 1.92. The number of halogens is 1. The standard InChI is InChI=1S/C29H33ClN2O3/c1-4-31-29(34)26(18-22-12-6-5-7-13-22)32(19-23-14-8-10-16-25(23)30)28(33)20-35-27-17-11-9-15-24(27)21(2)3/h5-17,21,26H,4,18-20H2,1-3H3,(H,31,34)/t26-/m1/s1. The van der Waals surface area contributed by atoms with Crippen LogP contribution in [-0.2, 0) is 22.6 Å². The van der Waals surface area contributed by atoms with E-state index in [1.54, 1.807) is 11.0 Å². The number of para-hydroxylation sites is 1. The lowest BCUT2D eigenvalue weighted by molar-refractivity contribution is -0.142. The molecule has 35 heavy (non-hydrogen) atoms. The zero-order valence-corrected chi connectivity index (χ0v) is 21.3.